The highest BCUT2D eigenvalue weighted by Gasteiger charge is 2.21. The van der Waals surface area contributed by atoms with Gasteiger partial charge in [-0.2, -0.15) is 0 Å². The van der Waals surface area contributed by atoms with Gasteiger partial charge < -0.3 is 15.5 Å². The van der Waals surface area contributed by atoms with Gasteiger partial charge in [-0.15, -0.1) is 0 Å². The summed E-state index contributed by atoms with van der Waals surface area (Å²) in [6.45, 7) is 3.94. The van der Waals surface area contributed by atoms with Crippen molar-refractivity contribution in [3.63, 3.8) is 0 Å². The van der Waals surface area contributed by atoms with Crippen LogP contribution in [0.5, 0.6) is 5.75 Å². The molecule has 1 rings (SSSR count). The van der Waals surface area contributed by atoms with E-state index in [9.17, 15) is 14.7 Å². The molecule has 0 aromatic heterocycles. The van der Waals surface area contributed by atoms with E-state index >= 15 is 0 Å². The van der Waals surface area contributed by atoms with Crippen LogP contribution in [0.4, 0.5) is 0 Å². The van der Waals surface area contributed by atoms with Gasteiger partial charge in [-0.1, -0.05) is 32.4 Å². The van der Waals surface area contributed by atoms with Crippen molar-refractivity contribution < 1.29 is 19.8 Å². The van der Waals surface area contributed by atoms with Crippen molar-refractivity contribution in [3.05, 3.63) is 29.8 Å². The number of benzene rings is 1. The summed E-state index contributed by atoms with van der Waals surface area (Å²) in [6, 6.07) is 5.33. The molecule has 0 bridgehead atoms. The molecule has 0 fully saturated rings. The van der Waals surface area contributed by atoms with Crippen LogP contribution in [0.3, 0.4) is 0 Å². The van der Waals surface area contributed by atoms with Crippen molar-refractivity contribution in [1.29, 1.82) is 0 Å². The molecule has 1 aromatic rings. The second kappa shape index (κ2) is 7.53. The Labute approximate surface area is 118 Å². The Morgan fingerprint density at radius 1 is 1.25 bits per heavy atom. The first-order valence-electron chi connectivity index (χ1n) is 6.72. The fraction of sp³-hybridized carbons (Fsp3) is 0.467. The van der Waals surface area contributed by atoms with E-state index in [1.165, 1.54) is 12.1 Å². The van der Waals surface area contributed by atoms with Crippen LogP contribution in [0, 0.1) is 5.92 Å². The molecule has 2 atom stereocenters. The van der Waals surface area contributed by atoms with Crippen molar-refractivity contribution >= 4 is 11.9 Å². The number of carbonyl (C=O) groups is 2. The Balaban J connectivity index is 2.63. The first kappa shape index (κ1) is 16.0. The number of aliphatic carboxylic acids is 1. The summed E-state index contributed by atoms with van der Waals surface area (Å²) in [4.78, 5) is 23.0. The monoisotopic (exact) mass is 279 g/mol. The maximum atomic E-state index is 11.8. The molecule has 0 aliphatic carbocycles. The minimum Gasteiger partial charge on any atom is -0.508 e. The smallest absolute Gasteiger partial charge is 0.326 e. The van der Waals surface area contributed by atoms with Gasteiger partial charge in [0.2, 0.25) is 5.91 Å². The molecule has 5 heteroatoms. The highest BCUT2D eigenvalue weighted by atomic mass is 16.4. The SMILES string of the molecule is CCC(C)CC(=O)N[C@@H](Cc1ccc(O)cc1)C(=O)O. The van der Waals surface area contributed by atoms with Crippen LogP contribution >= 0.6 is 0 Å². The lowest BCUT2D eigenvalue weighted by atomic mass is 10.0. The molecule has 1 aromatic carbocycles. The quantitative estimate of drug-likeness (QED) is 0.712. The zero-order valence-corrected chi connectivity index (χ0v) is 11.8. The number of aromatic hydroxyl groups is 1. The molecule has 20 heavy (non-hydrogen) atoms. The zero-order valence-electron chi connectivity index (χ0n) is 11.8. The molecule has 0 heterocycles. The summed E-state index contributed by atoms with van der Waals surface area (Å²) in [5.41, 5.74) is 0.749. The number of carboxylic acids is 1. The van der Waals surface area contributed by atoms with Crippen molar-refractivity contribution in [3.8, 4) is 5.75 Å². The minimum atomic E-state index is -1.06. The Morgan fingerprint density at radius 2 is 1.85 bits per heavy atom. The second-order valence-electron chi connectivity index (χ2n) is 5.05. The average molecular weight is 279 g/mol. The first-order valence-corrected chi connectivity index (χ1v) is 6.72. The highest BCUT2D eigenvalue weighted by Crippen LogP contribution is 2.12. The van der Waals surface area contributed by atoms with Gasteiger partial charge >= 0.3 is 5.97 Å². The van der Waals surface area contributed by atoms with Crippen LogP contribution < -0.4 is 5.32 Å². The Kier molecular flexibility index (Phi) is 6.03. The van der Waals surface area contributed by atoms with E-state index in [0.29, 0.717) is 6.42 Å². The maximum Gasteiger partial charge on any atom is 0.326 e. The number of phenolic OH excluding ortho intramolecular Hbond substituents is 1. The number of rotatable bonds is 7. The normalized spacial score (nSPS) is 13.5. The van der Waals surface area contributed by atoms with Crippen LogP contribution in [0.2, 0.25) is 0 Å². The largest absolute Gasteiger partial charge is 0.508 e. The number of hydrogen-bond acceptors (Lipinski definition) is 3. The van der Waals surface area contributed by atoms with Crippen LogP contribution in [-0.4, -0.2) is 28.1 Å². The summed E-state index contributed by atoms with van der Waals surface area (Å²) in [6.07, 6.45) is 1.40. The van der Waals surface area contributed by atoms with E-state index in [4.69, 9.17) is 5.11 Å². The van der Waals surface area contributed by atoms with Gasteiger partial charge in [0.25, 0.3) is 0 Å². The lowest BCUT2D eigenvalue weighted by molar-refractivity contribution is -0.141. The summed E-state index contributed by atoms with van der Waals surface area (Å²) >= 11 is 0. The molecule has 0 saturated heterocycles. The minimum absolute atomic E-state index is 0.126. The van der Waals surface area contributed by atoms with Gasteiger partial charge in [0.1, 0.15) is 11.8 Å². The zero-order chi connectivity index (χ0) is 15.1. The topological polar surface area (TPSA) is 86.6 Å². The maximum absolute atomic E-state index is 11.8. The lowest BCUT2D eigenvalue weighted by Gasteiger charge is -2.16. The molecule has 1 amide bonds. The molecule has 0 radical (unpaired) electrons. The third kappa shape index (κ3) is 5.30. The predicted molar refractivity (Wildman–Crippen MR) is 75.4 cm³/mol. The summed E-state index contributed by atoms with van der Waals surface area (Å²) < 4.78 is 0. The van der Waals surface area contributed by atoms with E-state index in [1.54, 1.807) is 12.1 Å². The van der Waals surface area contributed by atoms with Gasteiger partial charge in [0.05, 0.1) is 0 Å². The number of carbonyl (C=O) groups excluding carboxylic acids is 1. The second-order valence-corrected chi connectivity index (χ2v) is 5.05. The van der Waals surface area contributed by atoms with Gasteiger partial charge in [-0.3, -0.25) is 4.79 Å². The third-order valence-corrected chi connectivity index (χ3v) is 3.24. The molecule has 5 nitrogen and oxygen atoms in total. The van der Waals surface area contributed by atoms with Crippen LogP contribution in [0.15, 0.2) is 24.3 Å². The lowest BCUT2D eigenvalue weighted by Crippen LogP contribution is -2.42. The molecule has 110 valence electrons. The summed E-state index contributed by atoms with van der Waals surface area (Å²) in [7, 11) is 0. The molecule has 3 N–H and O–H groups in total. The standard InChI is InChI=1S/C15H21NO4/c1-3-10(2)8-14(18)16-13(15(19)20)9-11-4-6-12(17)7-5-11/h4-7,10,13,17H,3,8-9H2,1-2H3,(H,16,18)(H,19,20)/t10?,13-/m0/s1. The Morgan fingerprint density at radius 3 is 2.35 bits per heavy atom. The van der Waals surface area contributed by atoms with Crippen molar-refractivity contribution in [2.45, 2.75) is 39.2 Å². The van der Waals surface area contributed by atoms with E-state index in [1.807, 2.05) is 13.8 Å². The number of hydrogen-bond donors (Lipinski definition) is 3. The molecule has 0 spiro atoms. The van der Waals surface area contributed by atoms with Crippen molar-refractivity contribution in [2.24, 2.45) is 5.92 Å². The number of nitrogens with one attached hydrogen (secondary N) is 1. The number of carboxylic acid groups (broad SMARTS) is 1. The third-order valence-electron chi connectivity index (χ3n) is 3.24. The Bertz CT molecular complexity index is 455. The summed E-state index contributed by atoms with van der Waals surface area (Å²) in [5.74, 6) is -0.944. The fourth-order valence-electron chi connectivity index (χ4n) is 1.78. The molecular weight excluding hydrogens is 258 g/mol. The Hall–Kier alpha value is -2.04. The van der Waals surface area contributed by atoms with Crippen molar-refractivity contribution in [2.75, 3.05) is 0 Å². The van der Waals surface area contributed by atoms with E-state index < -0.39 is 12.0 Å². The van der Waals surface area contributed by atoms with Crippen LogP contribution in [-0.2, 0) is 16.0 Å². The highest BCUT2D eigenvalue weighted by molar-refractivity contribution is 5.83. The van der Waals surface area contributed by atoms with Gasteiger partial charge in [0, 0.05) is 12.8 Å². The number of amides is 1. The van der Waals surface area contributed by atoms with E-state index in [-0.39, 0.29) is 24.0 Å². The molecule has 0 saturated carbocycles. The van der Waals surface area contributed by atoms with E-state index in [0.717, 1.165) is 12.0 Å². The summed E-state index contributed by atoms with van der Waals surface area (Å²) in [5, 5.41) is 20.9. The fourth-order valence-corrected chi connectivity index (χ4v) is 1.78. The average Bonchev–Trinajstić information content (AvgIpc) is 2.40. The molecule has 0 aliphatic heterocycles. The molecule has 1 unspecified atom stereocenters. The first-order chi connectivity index (χ1) is 9.42. The van der Waals surface area contributed by atoms with Crippen LogP contribution in [0.25, 0.3) is 0 Å². The molecular formula is C15H21NO4. The van der Waals surface area contributed by atoms with Gasteiger partial charge in [-0.05, 0) is 23.6 Å². The predicted octanol–water partition coefficient (Wildman–Crippen LogP) is 1.94. The van der Waals surface area contributed by atoms with E-state index in [2.05, 4.69) is 5.32 Å². The number of phenols is 1. The van der Waals surface area contributed by atoms with Crippen molar-refractivity contribution in [1.82, 2.24) is 5.32 Å². The van der Waals surface area contributed by atoms with Gasteiger partial charge in [0.15, 0.2) is 0 Å². The molecule has 0 aliphatic rings. The van der Waals surface area contributed by atoms with Crippen LogP contribution in [0.1, 0.15) is 32.3 Å². The van der Waals surface area contributed by atoms with Gasteiger partial charge in [-0.25, -0.2) is 4.79 Å².